The monoisotopic (exact) mass is 454 g/mol. The number of ketones is 1. The van der Waals surface area contributed by atoms with E-state index in [4.69, 9.17) is 23.2 Å². The molecule has 33 heavy (non-hydrogen) atoms. The molecule has 3 heterocycles. The van der Waals surface area contributed by atoms with E-state index >= 15 is 0 Å². The Morgan fingerprint density at radius 2 is 1.70 bits per heavy atom. The number of carbonyl (C=O) groups is 2. The molecule has 0 saturated carbocycles. The molecule has 0 spiro atoms. The summed E-state index contributed by atoms with van der Waals surface area (Å²) >= 11 is 0. The molecule has 1 aromatic carbocycles. The number of aliphatic hydroxyl groups excluding tert-OH is 1. The molecule has 0 bridgehead atoms. The van der Waals surface area contributed by atoms with Gasteiger partial charge in [0.15, 0.2) is 28.8 Å². The predicted octanol–water partition coefficient (Wildman–Crippen LogP) is 3.69. The van der Waals surface area contributed by atoms with Gasteiger partial charge in [0.05, 0.1) is 32.9 Å². The van der Waals surface area contributed by atoms with Crippen LogP contribution in [0.5, 0.6) is 17.2 Å². The Balaban J connectivity index is 1.95. The summed E-state index contributed by atoms with van der Waals surface area (Å²) < 4.78 is 26.9. The molecule has 1 N–H and O–H groups in total. The second-order valence-corrected chi connectivity index (χ2v) is 7.33. The number of hydrogen-bond donors (Lipinski definition) is 1. The van der Waals surface area contributed by atoms with E-state index in [0.29, 0.717) is 34.3 Å². The first kappa shape index (κ1) is 22.0. The first-order valence-electron chi connectivity index (χ1n) is 9.91. The van der Waals surface area contributed by atoms with Crippen LogP contribution in [0.1, 0.15) is 33.7 Å². The largest absolute Gasteiger partial charge is 0.503 e. The van der Waals surface area contributed by atoms with Crippen LogP contribution in [-0.4, -0.2) is 43.3 Å². The standard InChI is InChI=1S/C23H22N2O8/c1-11-6-7-14(32-11)20(26)18-19(13-9-15(29-3)22(31-5)16(10-13)30-4)25(23(28)21(18)27)17-8-12(2)33-24-17/h6-10,19,27H,1-5H3/t19-/m1/s1. The molecule has 0 aliphatic carbocycles. The third-order valence-corrected chi connectivity index (χ3v) is 5.28. The smallest absolute Gasteiger partial charge is 0.295 e. The van der Waals surface area contributed by atoms with Crippen LogP contribution in [0.2, 0.25) is 0 Å². The van der Waals surface area contributed by atoms with E-state index in [0.717, 1.165) is 0 Å². The molecular formula is C23H22N2O8. The zero-order valence-corrected chi connectivity index (χ0v) is 18.7. The number of ether oxygens (including phenoxy) is 3. The lowest BCUT2D eigenvalue weighted by Crippen LogP contribution is -2.31. The maximum Gasteiger partial charge on any atom is 0.295 e. The number of amides is 1. The number of nitrogens with zero attached hydrogens (tertiary/aromatic N) is 2. The number of aliphatic hydroxyl groups is 1. The van der Waals surface area contributed by atoms with Gasteiger partial charge in [-0.15, -0.1) is 0 Å². The second-order valence-electron chi connectivity index (χ2n) is 7.33. The highest BCUT2D eigenvalue weighted by Crippen LogP contribution is 2.46. The number of anilines is 1. The molecule has 172 valence electrons. The summed E-state index contributed by atoms with van der Waals surface area (Å²) in [6.07, 6.45) is 0. The van der Waals surface area contributed by atoms with E-state index in [2.05, 4.69) is 5.16 Å². The normalized spacial score (nSPS) is 15.8. The Morgan fingerprint density at radius 3 is 2.18 bits per heavy atom. The molecule has 1 atom stereocenters. The average molecular weight is 454 g/mol. The van der Waals surface area contributed by atoms with Gasteiger partial charge < -0.3 is 28.3 Å². The van der Waals surface area contributed by atoms with Gasteiger partial charge in [0.25, 0.3) is 5.91 Å². The van der Waals surface area contributed by atoms with Gasteiger partial charge in [0.2, 0.25) is 11.5 Å². The van der Waals surface area contributed by atoms with Crippen molar-refractivity contribution in [2.75, 3.05) is 26.2 Å². The number of benzene rings is 1. The fourth-order valence-electron chi connectivity index (χ4n) is 3.80. The molecule has 1 amide bonds. The number of aryl methyl sites for hydroxylation is 2. The minimum atomic E-state index is -1.08. The number of furan rings is 1. The minimum Gasteiger partial charge on any atom is -0.503 e. The van der Waals surface area contributed by atoms with Crippen LogP contribution in [0.3, 0.4) is 0 Å². The average Bonchev–Trinajstić information content (AvgIpc) is 3.50. The fraction of sp³-hybridized carbons (Fsp3) is 0.261. The maximum absolute atomic E-state index is 13.4. The first-order chi connectivity index (χ1) is 15.8. The summed E-state index contributed by atoms with van der Waals surface area (Å²) in [4.78, 5) is 27.7. The third-order valence-electron chi connectivity index (χ3n) is 5.28. The number of aromatic nitrogens is 1. The van der Waals surface area contributed by atoms with Gasteiger partial charge in [0, 0.05) is 6.07 Å². The number of hydrogen-bond acceptors (Lipinski definition) is 9. The Morgan fingerprint density at radius 1 is 1.03 bits per heavy atom. The van der Waals surface area contributed by atoms with Crippen molar-refractivity contribution in [1.82, 2.24) is 5.16 Å². The Bertz CT molecular complexity index is 1240. The molecule has 1 aliphatic heterocycles. The van der Waals surface area contributed by atoms with Crippen LogP contribution >= 0.6 is 0 Å². The number of methoxy groups -OCH3 is 3. The van der Waals surface area contributed by atoms with Crippen LogP contribution in [0, 0.1) is 13.8 Å². The molecular weight excluding hydrogens is 432 g/mol. The summed E-state index contributed by atoms with van der Waals surface area (Å²) in [6, 6.07) is 6.75. The topological polar surface area (TPSA) is 124 Å². The van der Waals surface area contributed by atoms with Gasteiger partial charge in [-0.25, -0.2) is 0 Å². The van der Waals surface area contributed by atoms with E-state index in [9.17, 15) is 14.7 Å². The molecule has 0 fully saturated rings. The van der Waals surface area contributed by atoms with Gasteiger partial charge in [-0.05, 0) is 43.7 Å². The van der Waals surface area contributed by atoms with Crippen molar-refractivity contribution in [2.24, 2.45) is 0 Å². The third kappa shape index (κ3) is 3.59. The molecule has 1 aliphatic rings. The molecule has 3 aromatic rings. The summed E-state index contributed by atoms with van der Waals surface area (Å²) in [5.74, 6) is -0.153. The van der Waals surface area contributed by atoms with E-state index < -0.39 is 23.5 Å². The quantitative estimate of drug-likeness (QED) is 0.532. The lowest BCUT2D eigenvalue weighted by Gasteiger charge is -2.25. The summed E-state index contributed by atoms with van der Waals surface area (Å²) in [5.41, 5.74) is 0.235. The van der Waals surface area contributed by atoms with Crippen LogP contribution in [-0.2, 0) is 4.79 Å². The van der Waals surface area contributed by atoms with Gasteiger partial charge in [-0.2, -0.15) is 0 Å². The van der Waals surface area contributed by atoms with Crippen LogP contribution < -0.4 is 19.1 Å². The van der Waals surface area contributed by atoms with Crippen molar-refractivity contribution in [2.45, 2.75) is 19.9 Å². The molecule has 10 heteroatoms. The number of Topliss-reactive ketones (excluding diaryl/α,β-unsaturated/α-hetero) is 1. The van der Waals surface area contributed by atoms with Crippen molar-refractivity contribution >= 4 is 17.5 Å². The zero-order valence-electron chi connectivity index (χ0n) is 18.7. The van der Waals surface area contributed by atoms with Crippen molar-refractivity contribution in [1.29, 1.82) is 0 Å². The molecule has 0 saturated heterocycles. The van der Waals surface area contributed by atoms with Crippen molar-refractivity contribution in [3.05, 3.63) is 64.5 Å². The Labute approximate surface area is 188 Å². The first-order valence-corrected chi connectivity index (χ1v) is 9.91. The van der Waals surface area contributed by atoms with E-state index in [1.54, 1.807) is 32.0 Å². The summed E-state index contributed by atoms with van der Waals surface area (Å²) in [5, 5.41) is 14.7. The Hall–Kier alpha value is -4.21. The minimum absolute atomic E-state index is 0.0162. The van der Waals surface area contributed by atoms with Crippen LogP contribution in [0.15, 0.2) is 50.6 Å². The van der Waals surface area contributed by atoms with E-state index in [1.165, 1.54) is 38.4 Å². The SMILES string of the molecule is COc1cc([C@@H]2C(C(=O)c3ccc(C)o3)=C(O)C(=O)N2c2cc(C)on2)cc(OC)c1OC. The van der Waals surface area contributed by atoms with E-state index in [1.807, 2.05) is 0 Å². The summed E-state index contributed by atoms with van der Waals surface area (Å²) in [7, 11) is 4.36. The van der Waals surface area contributed by atoms with Crippen molar-refractivity contribution < 1.29 is 37.8 Å². The van der Waals surface area contributed by atoms with Gasteiger partial charge in [-0.3, -0.25) is 14.5 Å². The number of rotatable bonds is 7. The van der Waals surface area contributed by atoms with Crippen LogP contribution in [0.4, 0.5) is 5.82 Å². The lowest BCUT2D eigenvalue weighted by atomic mass is 9.94. The predicted molar refractivity (Wildman–Crippen MR) is 115 cm³/mol. The molecule has 10 nitrogen and oxygen atoms in total. The van der Waals surface area contributed by atoms with Crippen molar-refractivity contribution in [3.63, 3.8) is 0 Å². The van der Waals surface area contributed by atoms with E-state index in [-0.39, 0.29) is 17.2 Å². The highest BCUT2D eigenvalue weighted by Gasteiger charge is 2.47. The highest BCUT2D eigenvalue weighted by molar-refractivity contribution is 6.20. The fourth-order valence-corrected chi connectivity index (χ4v) is 3.80. The second kappa shape index (κ2) is 8.38. The maximum atomic E-state index is 13.4. The van der Waals surface area contributed by atoms with Crippen LogP contribution in [0.25, 0.3) is 0 Å². The zero-order chi connectivity index (χ0) is 23.9. The molecule has 0 unspecified atom stereocenters. The summed E-state index contributed by atoms with van der Waals surface area (Å²) in [6.45, 7) is 3.35. The van der Waals surface area contributed by atoms with Gasteiger partial charge in [0.1, 0.15) is 11.5 Å². The van der Waals surface area contributed by atoms with Gasteiger partial charge in [-0.1, -0.05) is 5.16 Å². The molecule has 4 rings (SSSR count). The van der Waals surface area contributed by atoms with Crippen molar-refractivity contribution in [3.8, 4) is 17.2 Å². The molecule has 0 radical (unpaired) electrons. The Kier molecular flexibility index (Phi) is 5.59. The molecule has 2 aromatic heterocycles. The number of carbonyl (C=O) groups excluding carboxylic acids is 2. The van der Waals surface area contributed by atoms with Gasteiger partial charge >= 0.3 is 0 Å². The highest BCUT2D eigenvalue weighted by atomic mass is 16.5. The lowest BCUT2D eigenvalue weighted by molar-refractivity contribution is -0.117.